The van der Waals surface area contributed by atoms with Gasteiger partial charge in [-0.15, -0.1) is 5.11 Å². The summed E-state index contributed by atoms with van der Waals surface area (Å²) in [4.78, 5) is 24.1. The maximum atomic E-state index is 12.8. The molecule has 0 unspecified atom stereocenters. The zero-order chi connectivity index (χ0) is 35.3. The Morgan fingerprint density at radius 2 is 1.38 bits per heavy atom. The number of unbranched alkanes of at least 4 members (excludes halogenated alkanes) is 3. The number of fused-ring (bicyclic) bond motifs is 1. The fourth-order valence-corrected chi connectivity index (χ4v) is 5.31. The fraction of sp³-hybridized carbons (Fsp3) is 0.238. The molecule has 0 heterocycles. The van der Waals surface area contributed by atoms with Gasteiger partial charge in [-0.25, -0.2) is 9.59 Å². The van der Waals surface area contributed by atoms with E-state index in [0.29, 0.717) is 42.4 Å². The number of nitrogens with one attached hydrogen (secondary N) is 1. The molecule has 0 fully saturated rings. The summed E-state index contributed by atoms with van der Waals surface area (Å²) in [7, 11) is 0. The molecule has 0 saturated carbocycles. The first-order valence-electron chi connectivity index (χ1n) is 16.9. The standard InChI is InChI=1S/C42H43N3O5/c1-29(2)41(46)49-26-10-6-5-9-25-48-34-20-16-33(17-21-34)42(47)50-35-18-14-32(15-19-35)28-43-39-23-24-40(37-12-8-7-11-36(37)39)45-44-38-22-13-30(3)27-31(38)4/h7-8,11-24,27,43H,1,5-6,9-10,25-26,28H2,2-4H3/b45-44+. The van der Waals surface area contributed by atoms with E-state index < -0.39 is 5.97 Å². The van der Waals surface area contributed by atoms with E-state index in [1.165, 1.54) is 5.56 Å². The average Bonchev–Trinajstić information content (AvgIpc) is 3.12. The van der Waals surface area contributed by atoms with Crippen LogP contribution in [0.1, 0.15) is 59.7 Å². The van der Waals surface area contributed by atoms with Crippen molar-refractivity contribution >= 4 is 39.8 Å². The average molecular weight is 670 g/mol. The summed E-state index contributed by atoms with van der Waals surface area (Å²) in [5.74, 6) is 0.385. The molecule has 0 aliphatic carbocycles. The van der Waals surface area contributed by atoms with Crippen molar-refractivity contribution in [1.82, 2.24) is 0 Å². The topological polar surface area (TPSA) is 98.6 Å². The minimum absolute atomic E-state index is 0.343. The summed E-state index contributed by atoms with van der Waals surface area (Å²) >= 11 is 0. The molecule has 1 N–H and O–H groups in total. The van der Waals surface area contributed by atoms with Crippen molar-refractivity contribution in [2.45, 2.75) is 53.0 Å². The molecule has 50 heavy (non-hydrogen) atoms. The van der Waals surface area contributed by atoms with Crippen molar-refractivity contribution in [2.24, 2.45) is 10.2 Å². The maximum absolute atomic E-state index is 12.8. The molecule has 5 aromatic carbocycles. The highest BCUT2D eigenvalue weighted by Gasteiger charge is 2.10. The third-order valence-electron chi connectivity index (χ3n) is 8.11. The van der Waals surface area contributed by atoms with Crippen LogP contribution in [0.25, 0.3) is 10.8 Å². The lowest BCUT2D eigenvalue weighted by atomic mass is 10.1. The van der Waals surface area contributed by atoms with E-state index in [1.54, 1.807) is 43.3 Å². The van der Waals surface area contributed by atoms with E-state index >= 15 is 0 Å². The number of aryl methyl sites for hydroxylation is 2. The Labute approximate surface area is 293 Å². The minimum atomic E-state index is -0.434. The Balaban J connectivity index is 1.07. The molecular formula is C42H43N3O5. The number of anilines is 1. The zero-order valence-corrected chi connectivity index (χ0v) is 28.9. The molecule has 8 heteroatoms. The number of nitrogens with zero attached hydrogens (tertiary/aromatic N) is 2. The molecule has 0 radical (unpaired) electrons. The Morgan fingerprint density at radius 3 is 2.10 bits per heavy atom. The highest BCUT2D eigenvalue weighted by Crippen LogP contribution is 2.34. The molecule has 0 spiro atoms. The lowest BCUT2D eigenvalue weighted by Crippen LogP contribution is -2.08. The van der Waals surface area contributed by atoms with Gasteiger partial charge in [0.05, 0.1) is 30.2 Å². The van der Waals surface area contributed by atoms with Crippen LogP contribution in [0, 0.1) is 13.8 Å². The summed E-state index contributed by atoms with van der Waals surface area (Å²) in [6.45, 7) is 10.9. The van der Waals surface area contributed by atoms with Crippen molar-refractivity contribution < 1.29 is 23.8 Å². The van der Waals surface area contributed by atoms with Crippen LogP contribution in [0.2, 0.25) is 0 Å². The van der Waals surface area contributed by atoms with Crippen LogP contribution in [-0.2, 0) is 16.1 Å². The van der Waals surface area contributed by atoms with Gasteiger partial charge < -0.3 is 19.5 Å². The number of hydrogen-bond donors (Lipinski definition) is 1. The second-order valence-corrected chi connectivity index (χ2v) is 12.3. The van der Waals surface area contributed by atoms with Gasteiger partial charge in [0, 0.05) is 28.6 Å². The molecule has 5 aromatic rings. The fourth-order valence-electron chi connectivity index (χ4n) is 5.31. The number of hydrogen-bond acceptors (Lipinski definition) is 8. The third kappa shape index (κ3) is 10.1. The van der Waals surface area contributed by atoms with E-state index in [1.807, 2.05) is 55.5 Å². The lowest BCUT2D eigenvalue weighted by Gasteiger charge is -2.12. The van der Waals surface area contributed by atoms with E-state index in [4.69, 9.17) is 14.2 Å². The van der Waals surface area contributed by atoms with Crippen molar-refractivity contribution in [3.8, 4) is 11.5 Å². The second-order valence-electron chi connectivity index (χ2n) is 12.3. The van der Waals surface area contributed by atoms with E-state index in [-0.39, 0.29) is 5.97 Å². The van der Waals surface area contributed by atoms with E-state index in [2.05, 4.69) is 47.2 Å². The second kappa shape index (κ2) is 17.6. The Kier molecular flexibility index (Phi) is 12.5. The Hall–Kier alpha value is -5.76. The SMILES string of the molecule is C=C(C)C(=O)OCCCCCCOc1ccc(C(=O)Oc2ccc(CNc3ccc(/N=N/c4ccc(C)cc4C)c4ccccc34)cc2)cc1. The maximum Gasteiger partial charge on any atom is 0.343 e. The molecule has 0 bridgehead atoms. The van der Waals surface area contributed by atoms with Crippen LogP contribution >= 0.6 is 0 Å². The number of ether oxygens (including phenoxy) is 3. The first-order chi connectivity index (χ1) is 24.3. The number of carbonyl (C=O) groups excluding carboxylic acids is 2. The first kappa shape index (κ1) is 35.5. The van der Waals surface area contributed by atoms with Gasteiger partial charge in [-0.05, 0) is 112 Å². The predicted molar refractivity (Wildman–Crippen MR) is 199 cm³/mol. The van der Waals surface area contributed by atoms with Crippen LogP contribution in [0.4, 0.5) is 17.1 Å². The molecule has 256 valence electrons. The highest BCUT2D eigenvalue weighted by molar-refractivity contribution is 6.00. The molecular weight excluding hydrogens is 626 g/mol. The van der Waals surface area contributed by atoms with Crippen molar-refractivity contribution in [1.29, 1.82) is 0 Å². The molecule has 5 rings (SSSR count). The van der Waals surface area contributed by atoms with Gasteiger partial charge in [0.25, 0.3) is 0 Å². The summed E-state index contributed by atoms with van der Waals surface area (Å²) in [5, 5.41) is 14.7. The van der Waals surface area contributed by atoms with E-state index in [9.17, 15) is 9.59 Å². The van der Waals surface area contributed by atoms with Gasteiger partial charge >= 0.3 is 11.9 Å². The van der Waals surface area contributed by atoms with Crippen LogP contribution in [-0.4, -0.2) is 25.2 Å². The first-order valence-corrected chi connectivity index (χ1v) is 16.9. The number of carbonyl (C=O) groups is 2. The molecule has 0 amide bonds. The van der Waals surface area contributed by atoms with Crippen LogP contribution in [0.15, 0.2) is 126 Å². The highest BCUT2D eigenvalue weighted by atomic mass is 16.5. The van der Waals surface area contributed by atoms with Crippen LogP contribution in [0.3, 0.4) is 0 Å². The molecule has 0 saturated heterocycles. The number of rotatable bonds is 16. The van der Waals surface area contributed by atoms with Gasteiger partial charge in [0.15, 0.2) is 0 Å². The minimum Gasteiger partial charge on any atom is -0.494 e. The number of esters is 2. The molecule has 0 aromatic heterocycles. The summed E-state index contributed by atoms with van der Waals surface area (Å²) in [5.41, 5.74) is 6.85. The van der Waals surface area contributed by atoms with Crippen LogP contribution < -0.4 is 14.8 Å². The predicted octanol–water partition coefficient (Wildman–Crippen LogP) is 10.8. The lowest BCUT2D eigenvalue weighted by molar-refractivity contribution is -0.139. The monoisotopic (exact) mass is 669 g/mol. The van der Waals surface area contributed by atoms with Gasteiger partial charge in [0.1, 0.15) is 11.5 Å². The van der Waals surface area contributed by atoms with Crippen molar-refractivity contribution in [2.75, 3.05) is 18.5 Å². The Morgan fingerprint density at radius 1 is 0.720 bits per heavy atom. The number of azo groups is 1. The van der Waals surface area contributed by atoms with Gasteiger partial charge in [-0.3, -0.25) is 0 Å². The Bertz CT molecular complexity index is 1970. The third-order valence-corrected chi connectivity index (χ3v) is 8.11. The summed E-state index contributed by atoms with van der Waals surface area (Å²) in [6.07, 6.45) is 3.61. The summed E-state index contributed by atoms with van der Waals surface area (Å²) in [6, 6.07) is 32.7. The van der Waals surface area contributed by atoms with E-state index in [0.717, 1.165) is 64.6 Å². The normalized spacial score (nSPS) is 11.0. The number of benzene rings is 5. The van der Waals surface area contributed by atoms with Crippen molar-refractivity contribution in [3.63, 3.8) is 0 Å². The van der Waals surface area contributed by atoms with Gasteiger partial charge in [-0.1, -0.05) is 60.7 Å². The van der Waals surface area contributed by atoms with Gasteiger partial charge in [-0.2, -0.15) is 5.11 Å². The quantitative estimate of drug-likeness (QED) is 0.0369. The smallest absolute Gasteiger partial charge is 0.343 e. The summed E-state index contributed by atoms with van der Waals surface area (Å²) < 4.78 is 16.5. The molecule has 0 aliphatic heterocycles. The zero-order valence-electron chi connectivity index (χ0n) is 28.9. The van der Waals surface area contributed by atoms with Gasteiger partial charge in [0.2, 0.25) is 0 Å². The van der Waals surface area contributed by atoms with Crippen LogP contribution in [0.5, 0.6) is 11.5 Å². The molecule has 0 atom stereocenters. The molecule has 8 nitrogen and oxygen atoms in total. The largest absolute Gasteiger partial charge is 0.494 e. The molecule has 0 aliphatic rings. The van der Waals surface area contributed by atoms with Crippen molar-refractivity contribution in [3.05, 3.63) is 138 Å².